The third-order valence-electron chi connectivity index (χ3n) is 3.41. The summed E-state index contributed by atoms with van der Waals surface area (Å²) in [6, 6.07) is 12.4. The summed E-state index contributed by atoms with van der Waals surface area (Å²) in [5.74, 6) is 6.88. The quantitative estimate of drug-likeness (QED) is 0.596. The van der Waals surface area contributed by atoms with Crippen LogP contribution in [0.4, 0.5) is 11.6 Å². The smallest absolute Gasteiger partial charge is 0.161 e. The first-order chi connectivity index (χ1) is 9.69. The lowest BCUT2D eigenvalue weighted by Crippen LogP contribution is -2.12. The maximum Gasteiger partial charge on any atom is 0.161 e. The molecule has 1 fully saturated rings. The van der Waals surface area contributed by atoms with Crippen molar-refractivity contribution in [2.24, 2.45) is 5.84 Å². The number of hydrazine groups is 1. The molecular weight excluding hydrogens is 295 g/mol. The van der Waals surface area contributed by atoms with Gasteiger partial charge in [-0.25, -0.2) is 10.8 Å². The van der Waals surface area contributed by atoms with E-state index in [2.05, 4.69) is 40.0 Å². The summed E-state index contributed by atoms with van der Waals surface area (Å²) >= 11 is 12.1. The van der Waals surface area contributed by atoms with Gasteiger partial charge in [0.1, 0.15) is 5.82 Å². The van der Waals surface area contributed by atoms with E-state index in [1.54, 1.807) is 6.07 Å². The van der Waals surface area contributed by atoms with Crippen LogP contribution in [0.15, 0.2) is 36.4 Å². The zero-order valence-electron chi connectivity index (χ0n) is 10.6. The summed E-state index contributed by atoms with van der Waals surface area (Å²) in [5.41, 5.74) is 3.78. The van der Waals surface area contributed by atoms with Gasteiger partial charge in [-0.3, -0.25) is 0 Å². The maximum atomic E-state index is 6.15. The molecule has 1 aliphatic rings. The van der Waals surface area contributed by atoms with Crippen molar-refractivity contribution in [1.29, 1.82) is 0 Å². The molecule has 0 spiro atoms. The van der Waals surface area contributed by atoms with Gasteiger partial charge in [0.15, 0.2) is 5.82 Å². The minimum Gasteiger partial charge on any atom is -0.365 e. The summed E-state index contributed by atoms with van der Waals surface area (Å²) in [6.07, 6.45) is 1.07. The van der Waals surface area contributed by atoms with Gasteiger partial charge < -0.3 is 10.7 Å². The number of benzene rings is 1. The monoisotopic (exact) mass is 308 g/mol. The van der Waals surface area contributed by atoms with Crippen LogP contribution >= 0.6 is 23.2 Å². The van der Waals surface area contributed by atoms with E-state index in [-0.39, 0.29) is 0 Å². The zero-order valence-corrected chi connectivity index (χ0v) is 12.1. The SMILES string of the molecule is NNc1nc(NC2CC2c2ccccc2)c(Cl)cc1Cl. The molecule has 2 unspecified atom stereocenters. The van der Waals surface area contributed by atoms with E-state index in [0.717, 1.165) is 6.42 Å². The van der Waals surface area contributed by atoms with Crippen molar-refractivity contribution in [2.45, 2.75) is 18.4 Å². The molecule has 20 heavy (non-hydrogen) atoms. The fraction of sp³-hybridized carbons (Fsp3) is 0.214. The van der Waals surface area contributed by atoms with Crippen molar-refractivity contribution >= 4 is 34.8 Å². The number of nitrogen functional groups attached to an aromatic ring is 1. The average molecular weight is 309 g/mol. The topological polar surface area (TPSA) is 63.0 Å². The Labute approximate surface area is 127 Å². The number of hydrogen-bond acceptors (Lipinski definition) is 4. The van der Waals surface area contributed by atoms with E-state index in [0.29, 0.717) is 33.6 Å². The van der Waals surface area contributed by atoms with E-state index in [1.165, 1.54) is 5.56 Å². The molecule has 1 aliphatic carbocycles. The zero-order chi connectivity index (χ0) is 14.1. The second kappa shape index (κ2) is 5.48. The summed E-state index contributed by atoms with van der Waals surface area (Å²) in [7, 11) is 0. The van der Waals surface area contributed by atoms with Gasteiger partial charge in [0.25, 0.3) is 0 Å². The van der Waals surface area contributed by atoms with Gasteiger partial charge in [0.2, 0.25) is 0 Å². The maximum absolute atomic E-state index is 6.15. The van der Waals surface area contributed by atoms with Crippen LogP contribution in [-0.2, 0) is 0 Å². The molecule has 1 saturated carbocycles. The predicted molar refractivity (Wildman–Crippen MR) is 83.3 cm³/mol. The van der Waals surface area contributed by atoms with E-state index in [4.69, 9.17) is 29.0 Å². The third-order valence-corrected chi connectivity index (χ3v) is 3.98. The second-order valence-corrected chi connectivity index (χ2v) is 5.61. The molecule has 0 aliphatic heterocycles. The Bertz CT molecular complexity index is 618. The molecule has 0 radical (unpaired) electrons. The van der Waals surface area contributed by atoms with Crippen LogP contribution in [0.1, 0.15) is 17.9 Å². The Kier molecular flexibility index (Phi) is 3.70. The Balaban J connectivity index is 1.74. The lowest BCUT2D eigenvalue weighted by molar-refractivity contribution is 1.03. The fourth-order valence-corrected chi connectivity index (χ4v) is 2.74. The second-order valence-electron chi connectivity index (χ2n) is 4.80. The number of hydrogen-bond donors (Lipinski definition) is 3. The Hall–Kier alpha value is -1.49. The van der Waals surface area contributed by atoms with Gasteiger partial charge in [0.05, 0.1) is 10.0 Å². The van der Waals surface area contributed by atoms with Gasteiger partial charge in [-0.1, -0.05) is 53.5 Å². The van der Waals surface area contributed by atoms with Crippen LogP contribution in [0.2, 0.25) is 10.0 Å². The molecule has 3 rings (SSSR count). The first kappa shape index (κ1) is 13.5. The van der Waals surface area contributed by atoms with Gasteiger partial charge in [-0.05, 0) is 18.1 Å². The third kappa shape index (κ3) is 2.68. The molecule has 104 valence electrons. The standard InChI is InChI=1S/C14H14Cl2N4/c15-10-7-11(16)14(20-17)19-13(10)18-12-6-9(12)8-4-2-1-3-5-8/h1-5,7,9,12H,6,17H2,(H2,18,19,20). The Morgan fingerprint density at radius 1 is 1.10 bits per heavy atom. The van der Waals surface area contributed by atoms with Crippen LogP contribution in [0, 0.1) is 0 Å². The molecule has 1 aromatic carbocycles. The Morgan fingerprint density at radius 2 is 1.80 bits per heavy atom. The fourth-order valence-electron chi connectivity index (χ4n) is 2.27. The van der Waals surface area contributed by atoms with Crippen molar-refractivity contribution in [3.8, 4) is 0 Å². The molecule has 2 aromatic rings. The van der Waals surface area contributed by atoms with E-state index in [9.17, 15) is 0 Å². The highest BCUT2D eigenvalue weighted by Crippen LogP contribution is 2.43. The van der Waals surface area contributed by atoms with Crippen LogP contribution in [0.25, 0.3) is 0 Å². The predicted octanol–water partition coefficient (Wildman–Crippen LogP) is 3.64. The number of nitrogens with one attached hydrogen (secondary N) is 2. The number of nitrogens with zero attached hydrogens (tertiary/aromatic N) is 1. The number of rotatable bonds is 4. The normalized spacial score (nSPS) is 20.6. The van der Waals surface area contributed by atoms with Crippen LogP contribution in [0.3, 0.4) is 0 Å². The highest BCUT2D eigenvalue weighted by molar-refractivity contribution is 6.37. The van der Waals surface area contributed by atoms with Crippen LogP contribution in [-0.4, -0.2) is 11.0 Å². The molecule has 4 nitrogen and oxygen atoms in total. The molecule has 0 saturated heterocycles. The molecule has 0 bridgehead atoms. The molecule has 0 amide bonds. The van der Waals surface area contributed by atoms with Crippen molar-refractivity contribution < 1.29 is 0 Å². The van der Waals surface area contributed by atoms with E-state index >= 15 is 0 Å². The van der Waals surface area contributed by atoms with E-state index < -0.39 is 0 Å². The molecule has 1 heterocycles. The van der Waals surface area contributed by atoms with Gasteiger partial charge >= 0.3 is 0 Å². The molecule has 1 aromatic heterocycles. The first-order valence-electron chi connectivity index (χ1n) is 6.33. The van der Waals surface area contributed by atoms with Crippen molar-refractivity contribution in [3.05, 3.63) is 52.0 Å². The number of pyridine rings is 1. The summed E-state index contributed by atoms with van der Waals surface area (Å²) < 4.78 is 0. The first-order valence-corrected chi connectivity index (χ1v) is 7.08. The summed E-state index contributed by atoms with van der Waals surface area (Å²) in [6.45, 7) is 0. The average Bonchev–Trinajstić information content (AvgIpc) is 3.22. The summed E-state index contributed by atoms with van der Waals surface area (Å²) in [5, 5.41) is 4.23. The number of nitrogens with two attached hydrogens (primary N) is 1. The molecule has 4 N–H and O–H groups in total. The van der Waals surface area contributed by atoms with Crippen LogP contribution in [0.5, 0.6) is 0 Å². The number of halogens is 2. The number of anilines is 2. The minimum atomic E-state index is 0.342. The highest BCUT2D eigenvalue weighted by Gasteiger charge is 2.38. The lowest BCUT2D eigenvalue weighted by atomic mass is 10.1. The van der Waals surface area contributed by atoms with E-state index in [1.807, 2.05) is 6.07 Å². The molecular formula is C14H14Cl2N4. The van der Waals surface area contributed by atoms with Gasteiger partial charge in [-0.15, -0.1) is 0 Å². The van der Waals surface area contributed by atoms with Gasteiger partial charge in [0, 0.05) is 12.0 Å². The molecule has 6 heteroatoms. The lowest BCUT2D eigenvalue weighted by Gasteiger charge is -2.10. The minimum absolute atomic E-state index is 0.342. The summed E-state index contributed by atoms with van der Waals surface area (Å²) in [4.78, 5) is 4.29. The van der Waals surface area contributed by atoms with Crippen molar-refractivity contribution in [1.82, 2.24) is 4.98 Å². The van der Waals surface area contributed by atoms with Crippen molar-refractivity contribution in [2.75, 3.05) is 10.7 Å². The highest BCUT2D eigenvalue weighted by atomic mass is 35.5. The van der Waals surface area contributed by atoms with Crippen molar-refractivity contribution in [3.63, 3.8) is 0 Å². The largest absolute Gasteiger partial charge is 0.365 e. The molecule has 2 atom stereocenters. The number of aromatic nitrogens is 1. The Morgan fingerprint density at radius 3 is 2.50 bits per heavy atom. The van der Waals surface area contributed by atoms with Crippen LogP contribution < -0.4 is 16.6 Å². The van der Waals surface area contributed by atoms with Gasteiger partial charge in [-0.2, -0.15) is 0 Å².